The van der Waals surface area contributed by atoms with Gasteiger partial charge in [0.1, 0.15) is 36.5 Å². The van der Waals surface area contributed by atoms with Crippen LogP contribution in [0.15, 0.2) is 23.6 Å². The van der Waals surface area contributed by atoms with Crippen molar-refractivity contribution in [3.63, 3.8) is 0 Å². The van der Waals surface area contributed by atoms with E-state index in [4.69, 9.17) is 39.9 Å². The molecular formula is C25H31FN10O9P2S2. The third-order valence-corrected chi connectivity index (χ3v) is 10.2. The number of imidazole rings is 2. The highest BCUT2D eigenvalue weighted by molar-refractivity contribution is 8.39. The van der Waals surface area contributed by atoms with Gasteiger partial charge in [-0.1, -0.05) is 26.1 Å². The Kier molecular flexibility index (Phi) is 12.3. The van der Waals surface area contributed by atoms with Crippen molar-refractivity contribution in [3.8, 4) is 6.07 Å². The molecule has 0 aliphatic carbocycles. The van der Waals surface area contributed by atoms with Crippen LogP contribution in [0.2, 0.25) is 0 Å². The minimum Gasteiger partial charge on any atom is -0.388 e. The Hall–Kier alpha value is -3.22. The van der Waals surface area contributed by atoms with Gasteiger partial charge in [-0.05, 0) is 11.8 Å². The molecule has 3 N–H and O–H groups in total. The first kappa shape index (κ1) is 37.0. The number of nitrogens with zero attached hydrogens (tertiary/aromatic N) is 8. The number of nitriles is 1. The van der Waals surface area contributed by atoms with E-state index in [1.54, 1.807) is 18.4 Å². The standard InChI is InChI=1S/C25H31FN10O9P2S2/c1-13(2)22(38)33-25-32-21-18(23(39)34-25)30-12-36(21)24-19(45-46(40)48)17(26)15(44-24)10-43-47(49,41-6-3-4-27)42-7-5-35-16(9-37)31-14-8-28-11-29-20(14)35/h8,11-13,15,17,19,24,37,46H,3,5-7,9-10H2,1-2H3,(H,40,48)(H2,32,33,34,38,39)/t15-,17-,19-,24-,47?/m1/s1. The van der Waals surface area contributed by atoms with Crippen LogP contribution in [0.1, 0.15) is 32.3 Å². The number of alkyl halides is 1. The zero-order valence-corrected chi connectivity index (χ0v) is 29.4. The van der Waals surface area contributed by atoms with Crippen LogP contribution in [0.4, 0.5) is 10.3 Å². The maximum Gasteiger partial charge on any atom is 0.327 e. The van der Waals surface area contributed by atoms with Crippen molar-refractivity contribution in [2.75, 3.05) is 25.1 Å². The molecular weight excluding hydrogens is 729 g/mol. The van der Waals surface area contributed by atoms with Gasteiger partial charge < -0.3 is 32.5 Å². The van der Waals surface area contributed by atoms with Gasteiger partial charge in [0, 0.05) is 12.5 Å². The van der Waals surface area contributed by atoms with Crippen LogP contribution in [0.25, 0.3) is 22.3 Å². The summed E-state index contributed by atoms with van der Waals surface area (Å²) in [6.45, 7) is -1.41. The van der Waals surface area contributed by atoms with Gasteiger partial charge in [-0.3, -0.25) is 29.0 Å². The van der Waals surface area contributed by atoms with Crippen molar-refractivity contribution in [3.05, 3.63) is 35.0 Å². The number of nitrogens with one attached hydrogen (secondary N) is 2. The largest absolute Gasteiger partial charge is 0.388 e. The Bertz CT molecular complexity index is 1990. The molecule has 24 heteroatoms. The van der Waals surface area contributed by atoms with Gasteiger partial charge in [-0.15, -0.1) is 0 Å². The summed E-state index contributed by atoms with van der Waals surface area (Å²) in [5, 5.41) is 21.3. The van der Waals surface area contributed by atoms with E-state index in [9.17, 15) is 19.3 Å². The van der Waals surface area contributed by atoms with Crippen molar-refractivity contribution in [2.24, 2.45) is 5.92 Å². The van der Waals surface area contributed by atoms with Crippen LogP contribution >= 0.6 is 26.2 Å². The van der Waals surface area contributed by atoms with Crippen LogP contribution in [0.5, 0.6) is 0 Å². The SMILES string of the molecule is CC(C)C(=O)Nc1nc2c(ncn2[C@@H]2O[C@H](COP(=S)(OCCC#N)OCCn3c(CO)nc4cncnc43)[C@@H](F)[C@H]2O[PH](=O)S)c(=O)[nH]1. The maximum absolute atomic E-state index is 16.0. The number of fused-ring (bicyclic) bond motifs is 2. The van der Waals surface area contributed by atoms with Crippen LogP contribution < -0.4 is 10.9 Å². The Morgan fingerprint density at radius 1 is 1.31 bits per heavy atom. The van der Waals surface area contributed by atoms with Crippen molar-refractivity contribution in [2.45, 2.75) is 58.0 Å². The molecule has 0 saturated carbocycles. The number of H-pyrrole nitrogens is 1. The van der Waals surface area contributed by atoms with Gasteiger partial charge in [-0.2, -0.15) is 10.2 Å². The van der Waals surface area contributed by atoms with Crippen LogP contribution in [-0.2, 0) is 57.1 Å². The minimum absolute atomic E-state index is 0.0395. The maximum atomic E-state index is 16.0. The number of aliphatic hydroxyl groups is 1. The molecule has 1 saturated heterocycles. The molecule has 1 fully saturated rings. The molecule has 0 radical (unpaired) electrons. The number of aromatic amines is 1. The number of carbonyl (C=O) groups is 1. The lowest BCUT2D eigenvalue weighted by molar-refractivity contribution is -0.118. The lowest BCUT2D eigenvalue weighted by Crippen LogP contribution is -2.31. The monoisotopic (exact) mass is 760 g/mol. The minimum atomic E-state index is -3.65. The first-order valence-electron chi connectivity index (χ1n) is 14.6. The Balaban J connectivity index is 1.35. The van der Waals surface area contributed by atoms with E-state index in [1.807, 2.05) is 6.07 Å². The highest BCUT2D eigenvalue weighted by Gasteiger charge is 2.49. The highest BCUT2D eigenvalue weighted by Crippen LogP contribution is 2.51. The molecule has 1 aliphatic rings. The lowest BCUT2D eigenvalue weighted by atomic mass is 10.1. The molecule has 49 heavy (non-hydrogen) atoms. The van der Waals surface area contributed by atoms with Gasteiger partial charge in [0.15, 0.2) is 29.2 Å². The molecule has 0 spiro atoms. The van der Waals surface area contributed by atoms with Gasteiger partial charge >= 0.3 is 6.72 Å². The molecule has 6 atom stereocenters. The number of aromatic nitrogens is 8. The zero-order chi connectivity index (χ0) is 35.3. The molecule has 5 heterocycles. The number of hydrogen-bond donors (Lipinski definition) is 4. The number of amides is 1. The van der Waals surface area contributed by atoms with Gasteiger partial charge in [0.05, 0.1) is 44.8 Å². The normalized spacial score (nSPS) is 21.2. The lowest BCUT2D eigenvalue weighted by Gasteiger charge is -2.24. The van der Waals surface area contributed by atoms with E-state index in [2.05, 4.69) is 47.5 Å². The molecule has 4 aromatic rings. The number of aliphatic hydroxyl groups excluding tert-OH is 1. The average Bonchev–Trinajstić information content (AvgIpc) is 3.74. The summed E-state index contributed by atoms with van der Waals surface area (Å²) in [6, 6.07) is 1.93. The molecule has 1 amide bonds. The first-order valence-corrected chi connectivity index (χ1v) is 19.7. The number of halogens is 1. The summed E-state index contributed by atoms with van der Waals surface area (Å²) in [5.41, 5.74) is -0.0126. The fourth-order valence-electron chi connectivity index (χ4n) is 4.73. The Morgan fingerprint density at radius 3 is 2.80 bits per heavy atom. The van der Waals surface area contributed by atoms with Crippen LogP contribution in [0, 0.1) is 17.2 Å². The fourth-order valence-corrected chi connectivity index (χ4v) is 7.38. The molecule has 1 aliphatic heterocycles. The van der Waals surface area contributed by atoms with Crippen molar-refractivity contribution in [1.82, 2.24) is 39.0 Å². The van der Waals surface area contributed by atoms with Crippen molar-refractivity contribution in [1.29, 1.82) is 5.26 Å². The predicted molar refractivity (Wildman–Crippen MR) is 177 cm³/mol. The second-order valence-electron chi connectivity index (χ2n) is 10.6. The van der Waals surface area contributed by atoms with E-state index in [-0.39, 0.29) is 49.9 Å². The Labute approximate surface area is 287 Å². The summed E-state index contributed by atoms with van der Waals surface area (Å²) in [6.07, 6.45) is -2.33. The number of hydrogen-bond acceptors (Lipinski definition) is 16. The third kappa shape index (κ3) is 8.57. The smallest absolute Gasteiger partial charge is 0.327 e. The average molecular weight is 761 g/mol. The molecule has 2 unspecified atom stereocenters. The summed E-state index contributed by atoms with van der Waals surface area (Å²) in [7, 11) is -3.02. The summed E-state index contributed by atoms with van der Waals surface area (Å²) < 4.78 is 59.4. The van der Waals surface area contributed by atoms with E-state index >= 15 is 4.39 Å². The number of carbonyl (C=O) groups excluding carboxylic acids is 1. The first-order chi connectivity index (χ1) is 23.4. The fraction of sp³-hybridized carbons (Fsp3) is 0.520. The highest BCUT2D eigenvalue weighted by atomic mass is 32.7. The van der Waals surface area contributed by atoms with Crippen LogP contribution in [0.3, 0.4) is 0 Å². The van der Waals surface area contributed by atoms with E-state index in [1.165, 1.54) is 17.1 Å². The second kappa shape index (κ2) is 16.2. The van der Waals surface area contributed by atoms with E-state index in [0.29, 0.717) is 17.0 Å². The number of thiol groups is 1. The Morgan fingerprint density at radius 2 is 2.08 bits per heavy atom. The number of rotatable bonds is 16. The van der Waals surface area contributed by atoms with E-state index < -0.39 is 62.5 Å². The van der Waals surface area contributed by atoms with Crippen molar-refractivity contribution >= 4 is 72.2 Å². The summed E-state index contributed by atoms with van der Waals surface area (Å²) >= 11 is 9.37. The number of anilines is 1. The van der Waals surface area contributed by atoms with Crippen LogP contribution in [-0.4, -0.2) is 88.3 Å². The van der Waals surface area contributed by atoms with E-state index in [0.717, 1.165) is 6.33 Å². The quantitative estimate of drug-likeness (QED) is 0.0726. The van der Waals surface area contributed by atoms with Gasteiger partial charge in [0.2, 0.25) is 19.1 Å². The predicted octanol–water partition coefficient (Wildman–Crippen LogP) is 2.17. The third-order valence-electron chi connectivity index (χ3n) is 7.03. The van der Waals surface area contributed by atoms with Gasteiger partial charge in [0.25, 0.3) is 5.56 Å². The zero-order valence-electron chi connectivity index (χ0n) is 25.8. The summed E-state index contributed by atoms with van der Waals surface area (Å²) in [5.74, 6) is -0.717. The molecule has 264 valence electrons. The molecule has 0 bridgehead atoms. The topological polar surface area (TPSA) is 244 Å². The van der Waals surface area contributed by atoms with Gasteiger partial charge in [-0.25, -0.2) is 24.3 Å². The second-order valence-corrected chi connectivity index (χ2v) is 15.5. The van der Waals surface area contributed by atoms with Crippen molar-refractivity contribution < 1.29 is 41.7 Å². The molecule has 0 aromatic carbocycles. The number of ether oxygens (including phenoxy) is 1. The molecule has 19 nitrogen and oxygen atoms in total. The molecule has 5 rings (SSSR count). The molecule has 4 aromatic heterocycles. The summed E-state index contributed by atoms with van der Waals surface area (Å²) in [4.78, 5) is 48.1.